The zero-order chi connectivity index (χ0) is 16.9. The summed E-state index contributed by atoms with van der Waals surface area (Å²) in [6.45, 7) is 8.92. The van der Waals surface area contributed by atoms with Gasteiger partial charge in [-0.05, 0) is 12.1 Å². The Labute approximate surface area is 146 Å². The summed E-state index contributed by atoms with van der Waals surface area (Å²) < 4.78 is 0. The van der Waals surface area contributed by atoms with Crippen LogP contribution in [0.3, 0.4) is 0 Å². The number of thiazole rings is 1. The van der Waals surface area contributed by atoms with Crippen molar-refractivity contribution in [2.45, 2.75) is 44.6 Å². The molecule has 1 aromatic carbocycles. The van der Waals surface area contributed by atoms with Gasteiger partial charge >= 0.3 is 0 Å². The molecule has 1 unspecified atom stereocenters. The minimum Gasteiger partial charge on any atom is -0.349 e. The van der Waals surface area contributed by atoms with Crippen LogP contribution in [0.5, 0.6) is 0 Å². The molecule has 0 radical (unpaired) electrons. The van der Waals surface area contributed by atoms with E-state index in [1.165, 1.54) is 4.90 Å². The van der Waals surface area contributed by atoms with Gasteiger partial charge in [-0.3, -0.25) is 4.79 Å². The molecule has 1 aromatic heterocycles. The van der Waals surface area contributed by atoms with Gasteiger partial charge in [-0.15, -0.1) is 23.1 Å². The van der Waals surface area contributed by atoms with Crippen LogP contribution >= 0.6 is 23.1 Å². The van der Waals surface area contributed by atoms with Crippen molar-refractivity contribution in [2.75, 3.05) is 5.75 Å². The van der Waals surface area contributed by atoms with E-state index in [1.807, 2.05) is 25.1 Å². The molecule has 124 valence electrons. The van der Waals surface area contributed by atoms with Crippen LogP contribution in [0.1, 0.15) is 38.4 Å². The lowest BCUT2D eigenvalue weighted by molar-refractivity contribution is -0.124. The summed E-state index contributed by atoms with van der Waals surface area (Å²) in [7, 11) is 0. The number of hydrogen-bond donors (Lipinski definition) is 1. The van der Waals surface area contributed by atoms with Crippen LogP contribution in [0, 0.1) is 5.92 Å². The number of thioether (sulfide) groups is 1. The van der Waals surface area contributed by atoms with E-state index in [0.29, 0.717) is 6.54 Å². The molecule has 0 saturated carbocycles. The Balaban J connectivity index is 1.79. The minimum absolute atomic E-state index is 0.0257. The molecule has 0 fully saturated rings. The minimum atomic E-state index is -0.0257. The lowest BCUT2D eigenvalue weighted by atomic mass is 9.93. The maximum Gasteiger partial charge on any atom is 0.224 e. The van der Waals surface area contributed by atoms with Gasteiger partial charge in [0.25, 0.3) is 0 Å². The Morgan fingerprint density at radius 3 is 2.61 bits per heavy atom. The molecule has 0 saturated heterocycles. The third kappa shape index (κ3) is 5.66. The second kappa shape index (κ2) is 7.97. The average Bonchev–Trinajstić information content (AvgIpc) is 3.00. The summed E-state index contributed by atoms with van der Waals surface area (Å²) in [5.74, 6) is 0.837. The van der Waals surface area contributed by atoms with Crippen molar-refractivity contribution in [3.63, 3.8) is 0 Å². The molecule has 1 amide bonds. The molecule has 0 aliphatic rings. The normalized spacial score (nSPS) is 12.9. The maximum atomic E-state index is 12.2. The Kier molecular flexibility index (Phi) is 6.25. The molecule has 3 nitrogen and oxygen atoms in total. The number of benzene rings is 1. The van der Waals surface area contributed by atoms with Gasteiger partial charge in [-0.1, -0.05) is 45.9 Å². The standard InChI is InChI=1S/C18H24N2OS2/c1-13(11-22-14-8-6-5-7-9-14)17(21)19-10-16-20-15(12-23-16)18(2,3)4/h5-9,12-13H,10-11H2,1-4H3,(H,19,21). The molecule has 0 spiro atoms. The summed E-state index contributed by atoms with van der Waals surface area (Å²) in [6.07, 6.45) is 0. The van der Waals surface area contributed by atoms with Crippen molar-refractivity contribution < 1.29 is 4.79 Å². The fraction of sp³-hybridized carbons (Fsp3) is 0.444. The summed E-state index contributed by atoms with van der Waals surface area (Å²) in [4.78, 5) is 18.0. The van der Waals surface area contributed by atoms with E-state index in [4.69, 9.17) is 0 Å². The lowest BCUT2D eigenvalue weighted by Crippen LogP contribution is -2.30. The van der Waals surface area contributed by atoms with Crippen LogP contribution in [0.4, 0.5) is 0 Å². The van der Waals surface area contributed by atoms with Crippen molar-refractivity contribution in [3.05, 3.63) is 46.4 Å². The van der Waals surface area contributed by atoms with Gasteiger partial charge in [0.1, 0.15) is 5.01 Å². The van der Waals surface area contributed by atoms with Crippen LogP contribution in [0.25, 0.3) is 0 Å². The molecule has 0 aliphatic heterocycles. The van der Waals surface area contributed by atoms with Crippen molar-refractivity contribution in [1.29, 1.82) is 0 Å². The molecule has 1 N–H and O–H groups in total. The van der Waals surface area contributed by atoms with Gasteiger partial charge < -0.3 is 5.32 Å². The van der Waals surface area contributed by atoms with Crippen LogP contribution in [0.2, 0.25) is 0 Å². The summed E-state index contributed by atoms with van der Waals surface area (Å²) in [5, 5.41) is 6.04. The monoisotopic (exact) mass is 348 g/mol. The van der Waals surface area contributed by atoms with Crippen molar-refractivity contribution in [2.24, 2.45) is 5.92 Å². The van der Waals surface area contributed by atoms with E-state index in [2.05, 4.69) is 48.6 Å². The SMILES string of the molecule is CC(CSc1ccccc1)C(=O)NCc1nc(C(C)(C)C)cs1. The Morgan fingerprint density at radius 1 is 1.30 bits per heavy atom. The predicted molar refractivity (Wildman–Crippen MR) is 99.0 cm³/mol. The van der Waals surface area contributed by atoms with E-state index in [0.717, 1.165) is 16.5 Å². The van der Waals surface area contributed by atoms with Crippen LogP contribution < -0.4 is 5.32 Å². The largest absolute Gasteiger partial charge is 0.349 e. The molecule has 23 heavy (non-hydrogen) atoms. The Morgan fingerprint density at radius 2 is 2.00 bits per heavy atom. The van der Waals surface area contributed by atoms with Crippen LogP contribution in [0.15, 0.2) is 40.6 Å². The number of carbonyl (C=O) groups is 1. The smallest absolute Gasteiger partial charge is 0.224 e. The number of nitrogens with one attached hydrogen (secondary N) is 1. The Bertz CT molecular complexity index is 632. The van der Waals surface area contributed by atoms with E-state index in [1.54, 1.807) is 23.1 Å². The van der Waals surface area contributed by atoms with Crippen LogP contribution in [-0.4, -0.2) is 16.6 Å². The predicted octanol–water partition coefficient (Wildman–Crippen LogP) is 4.49. The number of nitrogens with zero attached hydrogens (tertiary/aromatic N) is 1. The van der Waals surface area contributed by atoms with E-state index in [-0.39, 0.29) is 17.2 Å². The number of aromatic nitrogens is 1. The molecule has 1 heterocycles. The van der Waals surface area contributed by atoms with Gasteiger partial charge in [0.05, 0.1) is 12.2 Å². The first kappa shape index (κ1) is 18.0. The number of amides is 1. The van der Waals surface area contributed by atoms with E-state index in [9.17, 15) is 4.79 Å². The maximum absolute atomic E-state index is 12.2. The third-order valence-corrected chi connectivity index (χ3v) is 5.55. The van der Waals surface area contributed by atoms with Gasteiger partial charge in [-0.25, -0.2) is 4.98 Å². The molecule has 0 aliphatic carbocycles. The quantitative estimate of drug-likeness (QED) is 0.782. The second-order valence-corrected chi connectivity index (χ2v) is 8.66. The fourth-order valence-corrected chi connectivity index (χ4v) is 3.79. The molecule has 1 atom stereocenters. The van der Waals surface area contributed by atoms with E-state index < -0.39 is 0 Å². The molecule has 2 aromatic rings. The molecular formula is C18H24N2OS2. The zero-order valence-corrected chi connectivity index (χ0v) is 15.8. The van der Waals surface area contributed by atoms with E-state index >= 15 is 0 Å². The molecular weight excluding hydrogens is 324 g/mol. The number of hydrogen-bond acceptors (Lipinski definition) is 4. The molecule has 5 heteroatoms. The van der Waals surface area contributed by atoms with Gasteiger partial charge in [0.2, 0.25) is 5.91 Å². The van der Waals surface area contributed by atoms with Crippen molar-refractivity contribution in [3.8, 4) is 0 Å². The molecule has 0 bridgehead atoms. The number of carbonyl (C=O) groups excluding carboxylic acids is 1. The lowest BCUT2D eigenvalue weighted by Gasteiger charge is -2.14. The first-order chi connectivity index (χ1) is 10.9. The third-order valence-electron chi connectivity index (χ3n) is 3.42. The summed E-state index contributed by atoms with van der Waals surface area (Å²) in [5.41, 5.74) is 1.14. The molecule has 2 rings (SSSR count). The average molecular weight is 349 g/mol. The van der Waals surface area contributed by atoms with Crippen LogP contribution in [-0.2, 0) is 16.8 Å². The highest BCUT2D eigenvalue weighted by Gasteiger charge is 2.18. The Hall–Kier alpha value is -1.33. The van der Waals surface area contributed by atoms with Gasteiger partial charge in [0.15, 0.2) is 0 Å². The highest BCUT2D eigenvalue weighted by Crippen LogP contribution is 2.24. The zero-order valence-electron chi connectivity index (χ0n) is 14.1. The van der Waals surface area contributed by atoms with Gasteiger partial charge in [0, 0.05) is 27.4 Å². The fourth-order valence-electron chi connectivity index (χ4n) is 1.89. The summed E-state index contributed by atoms with van der Waals surface area (Å²) in [6, 6.07) is 10.2. The second-order valence-electron chi connectivity index (χ2n) is 6.62. The van der Waals surface area contributed by atoms with Gasteiger partial charge in [-0.2, -0.15) is 0 Å². The highest BCUT2D eigenvalue weighted by atomic mass is 32.2. The van der Waals surface area contributed by atoms with Crippen molar-refractivity contribution in [1.82, 2.24) is 10.3 Å². The highest BCUT2D eigenvalue weighted by molar-refractivity contribution is 7.99. The topological polar surface area (TPSA) is 42.0 Å². The summed E-state index contributed by atoms with van der Waals surface area (Å²) >= 11 is 3.32. The first-order valence-corrected chi connectivity index (χ1v) is 9.63. The van der Waals surface area contributed by atoms with Crippen molar-refractivity contribution >= 4 is 29.0 Å². The first-order valence-electron chi connectivity index (χ1n) is 7.76. The number of rotatable bonds is 6.